The van der Waals surface area contributed by atoms with Crippen molar-refractivity contribution in [2.24, 2.45) is 5.73 Å². The van der Waals surface area contributed by atoms with E-state index in [4.69, 9.17) is 10.5 Å². The van der Waals surface area contributed by atoms with E-state index in [2.05, 4.69) is 4.90 Å². The van der Waals surface area contributed by atoms with Gasteiger partial charge in [0.15, 0.2) is 0 Å². The molecule has 2 fully saturated rings. The minimum atomic E-state index is -0.507. The van der Waals surface area contributed by atoms with Crippen molar-refractivity contribution in [3.63, 3.8) is 0 Å². The second-order valence-electron chi connectivity index (χ2n) is 8.22. The molecule has 0 radical (unpaired) electrons. The van der Waals surface area contributed by atoms with Crippen LogP contribution in [0.25, 0.3) is 0 Å². The van der Waals surface area contributed by atoms with Crippen LogP contribution < -0.4 is 10.5 Å². The molecule has 30 heavy (non-hydrogen) atoms. The van der Waals surface area contributed by atoms with Crippen molar-refractivity contribution in [3.05, 3.63) is 59.4 Å². The summed E-state index contributed by atoms with van der Waals surface area (Å²) in [6.45, 7) is 4.15. The van der Waals surface area contributed by atoms with E-state index in [0.717, 1.165) is 31.5 Å². The summed E-state index contributed by atoms with van der Waals surface area (Å²) in [5.41, 5.74) is 6.79. The first-order chi connectivity index (χ1) is 14.6. The zero-order valence-corrected chi connectivity index (χ0v) is 17.4. The maximum absolute atomic E-state index is 14.5. The van der Waals surface area contributed by atoms with E-state index in [-0.39, 0.29) is 11.5 Å². The number of likely N-dealkylation sites (tertiary alicyclic amines) is 2. The number of rotatable bonds is 6. The van der Waals surface area contributed by atoms with Crippen molar-refractivity contribution >= 4 is 5.91 Å². The molecule has 2 N–H and O–H groups in total. The van der Waals surface area contributed by atoms with E-state index in [1.165, 1.54) is 31.4 Å². The molecule has 2 aliphatic rings. The summed E-state index contributed by atoms with van der Waals surface area (Å²) in [6.07, 6.45) is 5.51. The number of nitrogens with two attached hydrogens (primary N) is 1. The first kappa shape index (κ1) is 20.8. The summed E-state index contributed by atoms with van der Waals surface area (Å²) < 4.78 is 20.3. The van der Waals surface area contributed by atoms with Gasteiger partial charge >= 0.3 is 0 Å². The Morgan fingerprint density at radius 3 is 2.50 bits per heavy atom. The third-order valence-electron chi connectivity index (χ3n) is 6.12. The third-order valence-corrected chi connectivity index (χ3v) is 6.12. The van der Waals surface area contributed by atoms with Crippen LogP contribution in [0.1, 0.15) is 41.6 Å². The number of piperidine rings is 1. The Balaban J connectivity index is 1.43. The van der Waals surface area contributed by atoms with Crippen LogP contribution in [0.3, 0.4) is 0 Å². The van der Waals surface area contributed by atoms with Gasteiger partial charge in [0.2, 0.25) is 0 Å². The fourth-order valence-electron chi connectivity index (χ4n) is 4.44. The molecule has 6 heteroatoms. The van der Waals surface area contributed by atoms with Gasteiger partial charge in [-0.1, -0.05) is 18.6 Å². The summed E-state index contributed by atoms with van der Waals surface area (Å²) >= 11 is 0. The topological polar surface area (TPSA) is 58.8 Å². The van der Waals surface area contributed by atoms with Crippen molar-refractivity contribution in [2.75, 3.05) is 32.7 Å². The standard InChI is InChI=1S/C24H30FN3O2/c25-23-9-8-21(30-20-6-4-18(5-7-20)10-12-26)16-22(23)24(29)28-15-11-19(17-28)27-13-2-1-3-14-27/h4-9,16,19H,1-3,10-15,17,26H2. The lowest BCUT2D eigenvalue weighted by Gasteiger charge is -2.32. The maximum Gasteiger partial charge on any atom is 0.257 e. The van der Waals surface area contributed by atoms with Gasteiger partial charge in [-0.05, 0) is 81.2 Å². The monoisotopic (exact) mass is 411 g/mol. The Morgan fingerprint density at radius 1 is 1.03 bits per heavy atom. The molecule has 1 atom stereocenters. The molecule has 2 aromatic carbocycles. The van der Waals surface area contributed by atoms with E-state index in [0.29, 0.717) is 37.2 Å². The van der Waals surface area contributed by atoms with Gasteiger partial charge in [-0.2, -0.15) is 0 Å². The molecular formula is C24H30FN3O2. The summed E-state index contributed by atoms with van der Waals surface area (Å²) in [5.74, 6) is 0.341. The predicted molar refractivity (Wildman–Crippen MR) is 115 cm³/mol. The van der Waals surface area contributed by atoms with Crippen LogP contribution in [0, 0.1) is 5.82 Å². The van der Waals surface area contributed by atoms with Crippen LogP contribution in [0.2, 0.25) is 0 Å². The Bertz CT molecular complexity index is 865. The molecule has 0 aliphatic carbocycles. The molecule has 5 nitrogen and oxygen atoms in total. The van der Waals surface area contributed by atoms with Crippen LogP contribution in [0.5, 0.6) is 11.5 Å². The van der Waals surface area contributed by atoms with Gasteiger partial charge in [-0.3, -0.25) is 9.69 Å². The van der Waals surface area contributed by atoms with E-state index < -0.39 is 5.82 Å². The molecule has 2 aromatic rings. The highest BCUT2D eigenvalue weighted by Gasteiger charge is 2.32. The van der Waals surface area contributed by atoms with Crippen molar-refractivity contribution in [1.82, 2.24) is 9.80 Å². The van der Waals surface area contributed by atoms with Crippen LogP contribution in [0.4, 0.5) is 4.39 Å². The van der Waals surface area contributed by atoms with Crippen LogP contribution in [-0.4, -0.2) is 54.5 Å². The van der Waals surface area contributed by atoms with Gasteiger partial charge in [0.25, 0.3) is 5.91 Å². The fraction of sp³-hybridized carbons (Fsp3) is 0.458. The van der Waals surface area contributed by atoms with Gasteiger partial charge < -0.3 is 15.4 Å². The van der Waals surface area contributed by atoms with Gasteiger partial charge in [0.1, 0.15) is 17.3 Å². The molecule has 4 rings (SSSR count). The number of hydrogen-bond donors (Lipinski definition) is 1. The zero-order chi connectivity index (χ0) is 20.9. The number of ether oxygens (including phenoxy) is 1. The van der Waals surface area contributed by atoms with E-state index in [1.807, 2.05) is 24.3 Å². The highest BCUT2D eigenvalue weighted by atomic mass is 19.1. The molecule has 2 heterocycles. The average Bonchev–Trinajstić information content (AvgIpc) is 3.27. The van der Waals surface area contributed by atoms with Gasteiger partial charge in [0.05, 0.1) is 5.56 Å². The lowest BCUT2D eigenvalue weighted by Crippen LogP contribution is -2.41. The van der Waals surface area contributed by atoms with Crippen molar-refractivity contribution in [2.45, 2.75) is 38.1 Å². The summed E-state index contributed by atoms with van der Waals surface area (Å²) in [5, 5.41) is 0. The molecule has 1 unspecified atom stereocenters. The van der Waals surface area contributed by atoms with Gasteiger partial charge in [-0.25, -0.2) is 4.39 Å². The van der Waals surface area contributed by atoms with Crippen LogP contribution in [-0.2, 0) is 6.42 Å². The largest absolute Gasteiger partial charge is 0.457 e. The van der Waals surface area contributed by atoms with Crippen molar-refractivity contribution in [3.8, 4) is 11.5 Å². The molecule has 0 spiro atoms. The number of carbonyl (C=O) groups is 1. The van der Waals surface area contributed by atoms with E-state index in [9.17, 15) is 9.18 Å². The maximum atomic E-state index is 14.5. The Morgan fingerprint density at radius 2 is 1.77 bits per heavy atom. The van der Waals surface area contributed by atoms with Crippen molar-refractivity contribution in [1.29, 1.82) is 0 Å². The normalized spacial score (nSPS) is 19.8. The van der Waals surface area contributed by atoms with Gasteiger partial charge in [-0.15, -0.1) is 0 Å². The highest BCUT2D eigenvalue weighted by molar-refractivity contribution is 5.95. The Hall–Kier alpha value is -2.44. The molecule has 0 saturated carbocycles. The lowest BCUT2D eigenvalue weighted by atomic mass is 10.1. The summed E-state index contributed by atoms with van der Waals surface area (Å²) in [4.78, 5) is 17.3. The number of amides is 1. The molecule has 160 valence electrons. The SMILES string of the molecule is NCCc1ccc(Oc2ccc(F)c(C(=O)N3CCC(N4CCCCC4)C3)c2)cc1. The molecule has 2 aliphatic heterocycles. The average molecular weight is 412 g/mol. The zero-order valence-electron chi connectivity index (χ0n) is 17.4. The molecule has 0 bridgehead atoms. The summed E-state index contributed by atoms with van der Waals surface area (Å²) in [6, 6.07) is 12.4. The predicted octanol–water partition coefficient (Wildman–Crippen LogP) is 3.82. The number of nitrogens with zero attached hydrogens (tertiary/aromatic N) is 2. The Kier molecular flexibility index (Phi) is 6.65. The minimum absolute atomic E-state index is 0.0755. The number of benzene rings is 2. The first-order valence-corrected chi connectivity index (χ1v) is 10.9. The lowest BCUT2D eigenvalue weighted by molar-refractivity contribution is 0.0766. The van der Waals surface area contributed by atoms with E-state index in [1.54, 1.807) is 11.0 Å². The number of halogens is 1. The van der Waals surface area contributed by atoms with Crippen LogP contribution in [0.15, 0.2) is 42.5 Å². The highest BCUT2D eigenvalue weighted by Crippen LogP contribution is 2.27. The smallest absolute Gasteiger partial charge is 0.257 e. The second-order valence-corrected chi connectivity index (χ2v) is 8.22. The minimum Gasteiger partial charge on any atom is -0.457 e. The fourth-order valence-corrected chi connectivity index (χ4v) is 4.44. The first-order valence-electron chi connectivity index (χ1n) is 10.9. The molecule has 2 saturated heterocycles. The third kappa shape index (κ3) is 4.82. The Labute approximate surface area is 177 Å². The molecular weight excluding hydrogens is 381 g/mol. The quantitative estimate of drug-likeness (QED) is 0.785. The number of hydrogen-bond acceptors (Lipinski definition) is 4. The summed E-state index contributed by atoms with van der Waals surface area (Å²) in [7, 11) is 0. The van der Waals surface area contributed by atoms with Crippen LogP contribution >= 0.6 is 0 Å². The van der Waals surface area contributed by atoms with E-state index >= 15 is 0 Å². The van der Waals surface area contributed by atoms with Gasteiger partial charge in [0, 0.05) is 19.1 Å². The van der Waals surface area contributed by atoms with Crippen molar-refractivity contribution < 1.29 is 13.9 Å². The molecule has 1 amide bonds. The number of carbonyl (C=O) groups excluding carboxylic acids is 1. The molecule has 0 aromatic heterocycles. The second kappa shape index (κ2) is 9.58.